The summed E-state index contributed by atoms with van der Waals surface area (Å²) in [5.41, 5.74) is 6.30. The first-order valence-electron chi connectivity index (χ1n) is 4.72. The molecular formula is C10H12ClNO2S. The van der Waals surface area contributed by atoms with Crippen LogP contribution < -0.4 is 5.73 Å². The minimum Gasteiger partial charge on any atom is -0.398 e. The van der Waals surface area contributed by atoms with Crippen LogP contribution in [0, 0.1) is 0 Å². The summed E-state index contributed by atoms with van der Waals surface area (Å²) in [7, 11) is -1.12. The van der Waals surface area contributed by atoms with E-state index >= 15 is 0 Å². The van der Waals surface area contributed by atoms with Crippen molar-refractivity contribution in [1.82, 2.24) is 0 Å². The lowest BCUT2D eigenvalue weighted by atomic mass is 10.3. The van der Waals surface area contributed by atoms with Crippen LogP contribution in [0.1, 0.15) is 6.42 Å². The van der Waals surface area contributed by atoms with Crippen LogP contribution in [0.3, 0.4) is 0 Å². The van der Waals surface area contributed by atoms with E-state index in [0.717, 1.165) is 6.42 Å². The third kappa shape index (κ3) is 2.33. The molecule has 0 aliphatic carbocycles. The van der Waals surface area contributed by atoms with Crippen LogP contribution in [0.2, 0.25) is 5.02 Å². The minimum atomic E-state index is -1.12. The minimum absolute atomic E-state index is 0.0470. The second-order valence-electron chi connectivity index (χ2n) is 3.47. The smallest absolute Gasteiger partial charge is 0.0651 e. The van der Waals surface area contributed by atoms with Crippen molar-refractivity contribution in [3.8, 4) is 0 Å². The third-order valence-electron chi connectivity index (χ3n) is 2.38. The van der Waals surface area contributed by atoms with Crippen LogP contribution in [0.25, 0.3) is 0 Å². The van der Waals surface area contributed by atoms with Crippen molar-refractivity contribution in [3.05, 3.63) is 23.2 Å². The van der Waals surface area contributed by atoms with Crippen molar-refractivity contribution >= 4 is 28.1 Å². The van der Waals surface area contributed by atoms with E-state index in [4.69, 9.17) is 22.1 Å². The molecule has 0 bridgehead atoms. The highest BCUT2D eigenvalue weighted by Crippen LogP contribution is 2.25. The van der Waals surface area contributed by atoms with Gasteiger partial charge in [-0.3, -0.25) is 4.21 Å². The predicted octanol–water partition coefficient (Wildman–Crippen LogP) is 1.82. The predicted molar refractivity (Wildman–Crippen MR) is 61.5 cm³/mol. The van der Waals surface area contributed by atoms with Crippen LogP contribution >= 0.6 is 11.6 Å². The van der Waals surface area contributed by atoms with Crippen LogP contribution in [0.4, 0.5) is 5.69 Å². The van der Waals surface area contributed by atoms with Gasteiger partial charge in [-0.2, -0.15) is 0 Å². The molecule has 1 fully saturated rings. The van der Waals surface area contributed by atoms with E-state index in [0.29, 0.717) is 28.8 Å². The molecule has 82 valence electrons. The molecule has 2 rings (SSSR count). The highest BCUT2D eigenvalue weighted by molar-refractivity contribution is 7.86. The van der Waals surface area contributed by atoms with E-state index in [9.17, 15) is 4.21 Å². The van der Waals surface area contributed by atoms with Gasteiger partial charge in [0.1, 0.15) is 0 Å². The van der Waals surface area contributed by atoms with E-state index in [-0.39, 0.29) is 5.25 Å². The summed E-state index contributed by atoms with van der Waals surface area (Å²) in [4.78, 5) is 0.623. The van der Waals surface area contributed by atoms with Crippen LogP contribution in [-0.2, 0) is 15.5 Å². The van der Waals surface area contributed by atoms with E-state index < -0.39 is 10.8 Å². The molecule has 1 saturated heterocycles. The Labute approximate surface area is 96.0 Å². The van der Waals surface area contributed by atoms with E-state index in [1.807, 2.05) is 0 Å². The van der Waals surface area contributed by atoms with Gasteiger partial charge < -0.3 is 10.5 Å². The number of halogens is 1. The molecule has 0 amide bonds. The highest BCUT2D eigenvalue weighted by Gasteiger charge is 2.24. The molecule has 1 heterocycles. The van der Waals surface area contributed by atoms with Gasteiger partial charge in [-0.25, -0.2) is 0 Å². The lowest BCUT2D eigenvalue weighted by Gasteiger charge is -2.10. The lowest BCUT2D eigenvalue weighted by molar-refractivity contribution is 0.199. The third-order valence-corrected chi connectivity index (χ3v) is 4.38. The summed E-state index contributed by atoms with van der Waals surface area (Å²) < 4.78 is 17.3. The van der Waals surface area contributed by atoms with Crippen molar-refractivity contribution in [3.63, 3.8) is 0 Å². The first-order chi connectivity index (χ1) is 7.18. The Balaban J connectivity index is 2.27. The zero-order valence-electron chi connectivity index (χ0n) is 8.11. The molecule has 0 spiro atoms. The molecule has 2 unspecified atom stereocenters. The van der Waals surface area contributed by atoms with Crippen molar-refractivity contribution in [2.75, 3.05) is 18.9 Å². The standard InChI is InChI=1S/C10H12ClNO2S/c11-7-1-2-9(12)10(5-7)15(13)8-3-4-14-6-8/h1-2,5,8H,3-4,6,12H2. The molecule has 1 aliphatic heterocycles. The molecule has 5 heteroatoms. The number of hydrogen-bond donors (Lipinski definition) is 1. The molecule has 3 nitrogen and oxygen atoms in total. The van der Waals surface area contributed by atoms with E-state index in [2.05, 4.69) is 0 Å². The Morgan fingerprint density at radius 2 is 2.33 bits per heavy atom. The number of hydrogen-bond acceptors (Lipinski definition) is 3. The van der Waals surface area contributed by atoms with Gasteiger partial charge >= 0.3 is 0 Å². The van der Waals surface area contributed by atoms with E-state index in [1.165, 1.54) is 0 Å². The fraction of sp³-hybridized carbons (Fsp3) is 0.400. The molecule has 15 heavy (non-hydrogen) atoms. The maximum atomic E-state index is 12.1. The lowest BCUT2D eigenvalue weighted by Crippen LogP contribution is -2.16. The monoisotopic (exact) mass is 245 g/mol. The van der Waals surface area contributed by atoms with Gasteiger partial charge in [0.25, 0.3) is 0 Å². The molecule has 1 aromatic carbocycles. The molecule has 1 aromatic rings. The largest absolute Gasteiger partial charge is 0.398 e. The molecule has 2 N–H and O–H groups in total. The Morgan fingerprint density at radius 1 is 1.53 bits per heavy atom. The SMILES string of the molecule is Nc1ccc(Cl)cc1S(=O)C1CCOC1. The Hall–Kier alpha value is -0.580. The second-order valence-corrected chi connectivity index (χ2v) is 5.60. The molecule has 0 radical (unpaired) electrons. The number of nitrogen functional groups attached to an aromatic ring is 1. The normalized spacial score (nSPS) is 22.9. The van der Waals surface area contributed by atoms with Gasteiger partial charge in [-0.15, -0.1) is 0 Å². The maximum absolute atomic E-state index is 12.1. The van der Waals surface area contributed by atoms with Gasteiger partial charge in [0.05, 0.1) is 27.6 Å². The summed E-state index contributed by atoms with van der Waals surface area (Å²) in [5, 5.41) is 0.609. The molecular weight excluding hydrogens is 234 g/mol. The van der Waals surface area contributed by atoms with Gasteiger partial charge in [0.15, 0.2) is 0 Å². The van der Waals surface area contributed by atoms with Gasteiger partial charge in [-0.05, 0) is 24.6 Å². The van der Waals surface area contributed by atoms with Crippen molar-refractivity contribution in [2.45, 2.75) is 16.6 Å². The Morgan fingerprint density at radius 3 is 3.00 bits per heavy atom. The maximum Gasteiger partial charge on any atom is 0.0651 e. The summed E-state index contributed by atoms with van der Waals surface area (Å²) in [5.74, 6) is 0. The van der Waals surface area contributed by atoms with Gasteiger partial charge in [-0.1, -0.05) is 11.6 Å². The molecule has 1 aliphatic rings. The Kier molecular flexibility index (Phi) is 3.29. The fourth-order valence-electron chi connectivity index (χ4n) is 1.54. The first-order valence-corrected chi connectivity index (χ1v) is 6.31. The summed E-state index contributed by atoms with van der Waals surface area (Å²) >= 11 is 5.85. The zero-order chi connectivity index (χ0) is 10.8. The summed E-state index contributed by atoms with van der Waals surface area (Å²) in [6.07, 6.45) is 0.818. The van der Waals surface area contributed by atoms with E-state index in [1.54, 1.807) is 18.2 Å². The van der Waals surface area contributed by atoms with Crippen LogP contribution in [-0.4, -0.2) is 22.7 Å². The average molecular weight is 246 g/mol. The topological polar surface area (TPSA) is 52.3 Å². The number of anilines is 1. The zero-order valence-corrected chi connectivity index (χ0v) is 9.68. The van der Waals surface area contributed by atoms with Gasteiger partial charge in [0, 0.05) is 17.3 Å². The van der Waals surface area contributed by atoms with Crippen molar-refractivity contribution in [2.24, 2.45) is 0 Å². The number of ether oxygens (including phenoxy) is 1. The molecule has 0 aromatic heterocycles. The highest BCUT2D eigenvalue weighted by atomic mass is 35.5. The molecule has 0 saturated carbocycles. The molecule has 2 atom stereocenters. The number of benzene rings is 1. The summed E-state index contributed by atoms with van der Waals surface area (Å²) in [6.45, 7) is 1.22. The van der Waals surface area contributed by atoms with Crippen molar-refractivity contribution in [1.29, 1.82) is 0 Å². The quantitative estimate of drug-likeness (QED) is 0.809. The average Bonchev–Trinajstić information content (AvgIpc) is 2.74. The number of rotatable bonds is 2. The summed E-state index contributed by atoms with van der Waals surface area (Å²) in [6, 6.07) is 5.05. The Bertz CT molecular complexity index is 391. The van der Waals surface area contributed by atoms with Crippen LogP contribution in [0.15, 0.2) is 23.1 Å². The van der Waals surface area contributed by atoms with Crippen molar-refractivity contribution < 1.29 is 8.95 Å². The second kappa shape index (κ2) is 4.51. The number of nitrogens with two attached hydrogens (primary N) is 1. The van der Waals surface area contributed by atoms with Crippen LogP contribution in [0.5, 0.6) is 0 Å². The fourth-order valence-corrected chi connectivity index (χ4v) is 3.21. The van der Waals surface area contributed by atoms with Gasteiger partial charge in [0.2, 0.25) is 0 Å². The first kappa shape index (κ1) is 10.9.